The van der Waals surface area contributed by atoms with Crippen molar-refractivity contribution in [2.75, 3.05) is 7.11 Å². The van der Waals surface area contributed by atoms with Gasteiger partial charge in [0, 0.05) is 26.2 Å². The molecule has 0 spiro atoms. The number of allylic oxidation sites excluding steroid dienone is 2. The van der Waals surface area contributed by atoms with Crippen LogP contribution in [0.15, 0.2) is 70.4 Å². The highest BCUT2D eigenvalue weighted by molar-refractivity contribution is 5.95. The second-order valence-electron chi connectivity index (χ2n) is 8.90. The van der Waals surface area contributed by atoms with E-state index in [-0.39, 0.29) is 17.0 Å². The van der Waals surface area contributed by atoms with E-state index in [1.807, 2.05) is 25.1 Å². The van der Waals surface area contributed by atoms with Gasteiger partial charge < -0.3 is 14.6 Å². The maximum Gasteiger partial charge on any atom is 0.330 e. The van der Waals surface area contributed by atoms with Crippen LogP contribution in [0.4, 0.5) is 0 Å². The minimum atomic E-state index is -1.32. The molecule has 1 aliphatic rings. The molecule has 0 bridgehead atoms. The number of benzene rings is 1. The van der Waals surface area contributed by atoms with Crippen molar-refractivity contribution >= 4 is 17.8 Å². The van der Waals surface area contributed by atoms with Gasteiger partial charge in [-0.2, -0.15) is 5.26 Å². The number of rotatable bonds is 6. The fraction of sp³-hybridized carbons (Fsp3) is 0.214. The Morgan fingerprint density at radius 1 is 1.21 bits per heavy atom. The number of hydrogen-bond donors (Lipinski definition) is 1. The number of pyridine rings is 1. The van der Waals surface area contributed by atoms with Crippen LogP contribution in [0.5, 0.6) is 5.88 Å². The van der Waals surface area contributed by atoms with Crippen molar-refractivity contribution in [3.05, 3.63) is 110 Å². The van der Waals surface area contributed by atoms with Crippen LogP contribution in [-0.2, 0) is 19.6 Å². The van der Waals surface area contributed by atoms with E-state index in [9.17, 15) is 24.4 Å². The fourth-order valence-electron chi connectivity index (χ4n) is 4.67. The van der Waals surface area contributed by atoms with Crippen LogP contribution in [-0.4, -0.2) is 33.4 Å². The zero-order chi connectivity index (χ0) is 27.6. The van der Waals surface area contributed by atoms with Gasteiger partial charge in [-0.05, 0) is 29.3 Å². The summed E-state index contributed by atoms with van der Waals surface area (Å²) < 4.78 is 7.33. The molecule has 0 radical (unpaired) electrons. The third-order valence-electron chi connectivity index (χ3n) is 6.79. The molecule has 2 unspecified atom stereocenters. The SMILES string of the molecule is COc1nc(C2(NC(=O)c3cn(C)c(=O)n(C)c3=O)C=CC=C(c3ccccc3C#N)C2C)ccc1C=O. The number of methoxy groups -OCH3 is 1. The number of aldehydes is 1. The number of carbonyl (C=O) groups excluding carboxylic acids is 2. The van der Waals surface area contributed by atoms with Gasteiger partial charge in [0.25, 0.3) is 11.5 Å². The summed E-state index contributed by atoms with van der Waals surface area (Å²) in [4.78, 5) is 54.7. The lowest BCUT2D eigenvalue weighted by Gasteiger charge is -2.40. The third-order valence-corrected chi connectivity index (χ3v) is 6.79. The maximum atomic E-state index is 13.7. The molecule has 10 nitrogen and oxygen atoms in total. The average Bonchev–Trinajstić information content (AvgIpc) is 2.94. The minimum absolute atomic E-state index is 0.0678. The van der Waals surface area contributed by atoms with Gasteiger partial charge in [-0.1, -0.05) is 43.4 Å². The molecule has 38 heavy (non-hydrogen) atoms. The summed E-state index contributed by atoms with van der Waals surface area (Å²) >= 11 is 0. The fourth-order valence-corrected chi connectivity index (χ4v) is 4.67. The van der Waals surface area contributed by atoms with E-state index in [0.717, 1.165) is 14.7 Å². The van der Waals surface area contributed by atoms with Gasteiger partial charge in [-0.15, -0.1) is 0 Å². The van der Waals surface area contributed by atoms with Gasteiger partial charge in [-0.3, -0.25) is 19.0 Å². The first kappa shape index (κ1) is 26.0. The van der Waals surface area contributed by atoms with Crippen LogP contribution in [0, 0.1) is 17.2 Å². The van der Waals surface area contributed by atoms with Crippen LogP contribution in [0.25, 0.3) is 5.57 Å². The summed E-state index contributed by atoms with van der Waals surface area (Å²) in [6.07, 6.45) is 7.14. The highest BCUT2D eigenvalue weighted by Crippen LogP contribution is 2.43. The number of nitriles is 1. The summed E-state index contributed by atoms with van der Waals surface area (Å²) in [5.74, 6) is -1.16. The molecule has 2 heterocycles. The van der Waals surface area contributed by atoms with Crippen molar-refractivity contribution < 1.29 is 14.3 Å². The Morgan fingerprint density at radius 2 is 1.95 bits per heavy atom. The molecule has 4 rings (SSSR count). The van der Waals surface area contributed by atoms with Gasteiger partial charge in [0.2, 0.25) is 5.88 Å². The van der Waals surface area contributed by atoms with E-state index in [0.29, 0.717) is 23.1 Å². The van der Waals surface area contributed by atoms with E-state index >= 15 is 0 Å². The van der Waals surface area contributed by atoms with Crippen LogP contribution < -0.4 is 21.3 Å². The Labute approximate surface area is 218 Å². The van der Waals surface area contributed by atoms with Crippen molar-refractivity contribution in [2.45, 2.75) is 12.5 Å². The molecule has 0 saturated carbocycles. The average molecular weight is 512 g/mol. The van der Waals surface area contributed by atoms with Crippen molar-refractivity contribution in [3.63, 3.8) is 0 Å². The lowest BCUT2D eigenvalue weighted by atomic mass is 9.71. The Balaban J connectivity index is 1.92. The maximum absolute atomic E-state index is 13.7. The number of nitrogens with one attached hydrogen (secondary N) is 1. The standard InChI is InChI=1S/C28H25N5O5/c1-17-20(21-9-6-5-8-18(21)14-29)10-7-13-28(17,23-12-11-19(16-34)25(30-23)38-4)31-24(35)22-15-32(2)27(37)33(3)26(22)36/h5-13,15-17H,1-4H3,(H,31,35). The van der Waals surface area contributed by atoms with Crippen LogP contribution in [0.2, 0.25) is 0 Å². The van der Waals surface area contributed by atoms with Crippen molar-refractivity contribution in [1.82, 2.24) is 19.4 Å². The van der Waals surface area contributed by atoms with Crippen LogP contribution >= 0.6 is 0 Å². The molecule has 2 aromatic heterocycles. The summed E-state index contributed by atoms with van der Waals surface area (Å²) in [5.41, 5.74) is -0.422. The van der Waals surface area contributed by atoms with E-state index in [4.69, 9.17) is 4.74 Å². The second-order valence-corrected chi connectivity index (χ2v) is 8.90. The van der Waals surface area contributed by atoms with Gasteiger partial charge >= 0.3 is 5.69 Å². The summed E-state index contributed by atoms with van der Waals surface area (Å²) in [6.45, 7) is 1.87. The monoisotopic (exact) mass is 511 g/mol. The highest BCUT2D eigenvalue weighted by atomic mass is 16.5. The summed E-state index contributed by atoms with van der Waals surface area (Å²) in [6, 6.07) is 12.4. The topological polar surface area (TPSA) is 136 Å². The largest absolute Gasteiger partial charge is 0.480 e. The number of nitrogens with zero attached hydrogens (tertiary/aromatic N) is 4. The third kappa shape index (κ3) is 4.24. The predicted molar refractivity (Wildman–Crippen MR) is 140 cm³/mol. The van der Waals surface area contributed by atoms with Crippen molar-refractivity contribution in [2.24, 2.45) is 20.0 Å². The molecule has 192 valence electrons. The first-order chi connectivity index (χ1) is 18.2. The molecule has 1 aliphatic carbocycles. The Morgan fingerprint density at radius 3 is 2.63 bits per heavy atom. The van der Waals surface area contributed by atoms with E-state index in [1.165, 1.54) is 33.5 Å². The number of ether oxygens (including phenoxy) is 1. The molecule has 0 aliphatic heterocycles. The molecule has 0 saturated heterocycles. The molecular formula is C28H25N5O5. The lowest BCUT2D eigenvalue weighted by molar-refractivity contribution is 0.0895. The van der Waals surface area contributed by atoms with E-state index in [2.05, 4.69) is 16.4 Å². The zero-order valence-corrected chi connectivity index (χ0v) is 21.3. The summed E-state index contributed by atoms with van der Waals surface area (Å²) in [5, 5.41) is 12.7. The van der Waals surface area contributed by atoms with Crippen LogP contribution in [0.3, 0.4) is 0 Å². The first-order valence-corrected chi connectivity index (χ1v) is 11.7. The number of aryl methyl sites for hydroxylation is 1. The number of carbonyl (C=O) groups is 2. The molecule has 0 fully saturated rings. The van der Waals surface area contributed by atoms with Gasteiger partial charge in [0.15, 0.2) is 6.29 Å². The normalized spacial score (nSPS) is 18.3. The molecule has 1 N–H and O–H groups in total. The second kappa shape index (κ2) is 10.1. The molecular weight excluding hydrogens is 486 g/mol. The molecule has 10 heteroatoms. The van der Waals surface area contributed by atoms with Crippen molar-refractivity contribution in [1.29, 1.82) is 5.26 Å². The Hall–Kier alpha value is -5.04. The Kier molecular flexibility index (Phi) is 6.95. The Bertz CT molecular complexity index is 1670. The van der Waals surface area contributed by atoms with Crippen LogP contribution in [0.1, 0.15) is 44.5 Å². The van der Waals surface area contributed by atoms with Gasteiger partial charge in [0.05, 0.1) is 30.0 Å². The van der Waals surface area contributed by atoms with E-state index in [1.54, 1.807) is 30.4 Å². The quantitative estimate of drug-likeness (QED) is 0.501. The highest BCUT2D eigenvalue weighted by Gasteiger charge is 2.43. The number of hydrogen-bond acceptors (Lipinski definition) is 7. The van der Waals surface area contributed by atoms with Gasteiger partial charge in [-0.25, -0.2) is 9.78 Å². The first-order valence-electron chi connectivity index (χ1n) is 11.7. The van der Waals surface area contributed by atoms with Gasteiger partial charge in [0.1, 0.15) is 11.1 Å². The molecule has 3 aromatic rings. The molecule has 1 amide bonds. The smallest absolute Gasteiger partial charge is 0.330 e. The van der Waals surface area contributed by atoms with E-state index < -0.39 is 28.6 Å². The summed E-state index contributed by atoms with van der Waals surface area (Å²) in [7, 11) is 4.12. The zero-order valence-electron chi connectivity index (χ0n) is 21.3. The van der Waals surface area contributed by atoms with Crippen molar-refractivity contribution in [3.8, 4) is 11.9 Å². The molecule has 1 aromatic carbocycles. The molecule has 2 atom stereocenters. The number of aromatic nitrogens is 3. The predicted octanol–water partition coefficient (Wildman–Crippen LogP) is 2.09. The minimum Gasteiger partial charge on any atom is -0.480 e. The number of amides is 1. The lowest BCUT2D eigenvalue weighted by Crippen LogP contribution is -2.52.